The largest absolute Gasteiger partial charge is 0.322 e. The Labute approximate surface area is 165 Å². The van der Waals surface area contributed by atoms with E-state index in [1.165, 1.54) is 10.5 Å². The normalized spacial score (nSPS) is 20.5. The van der Waals surface area contributed by atoms with Crippen molar-refractivity contribution in [3.8, 4) is 6.07 Å². The van der Waals surface area contributed by atoms with Gasteiger partial charge in [0.05, 0.1) is 11.6 Å². The zero-order valence-corrected chi connectivity index (χ0v) is 16.2. The summed E-state index contributed by atoms with van der Waals surface area (Å²) in [6.45, 7) is 7.03. The van der Waals surface area contributed by atoms with Crippen LogP contribution in [0.4, 0.5) is 5.69 Å². The van der Waals surface area contributed by atoms with Crippen LogP contribution in [0.5, 0.6) is 0 Å². The summed E-state index contributed by atoms with van der Waals surface area (Å²) >= 11 is 5.95. The first kappa shape index (κ1) is 19.4. The summed E-state index contributed by atoms with van der Waals surface area (Å²) in [4.78, 5) is 15.4. The van der Waals surface area contributed by atoms with Gasteiger partial charge in [0, 0.05) is 16.3 Å². The van der Waals surface area contributed by atoms with Crippen molar-refractivity contribution in [1.82, 2.24) is 0 Å². The second-order valence-corrected chi connectivity index (χ2v) is 7.55. The van der Waals surface area contributed by atoms with Crippen molar-refractivity contribution in [2.24, 2.45) is 0 Å². The molecule has 3 rings (SSSR count). The number of amides is 1. The first-order chi connectivity index (χ1) is 13.0. The Bertz CT molecular complexity index is 806. The lowest BCUT2D eigenvalue weighted by Gasteiger charge is -2.32. The Morgan fingerprint density at radius 1 is 1.11 bits per heavy atom. The second-order valence-electron chi connectivity index (χ2n) is 7.11. The van der Waals surface area contributed by atoms with E-state index in [2.05, 4.69) is 23.5 Å². The van der Waals surface area contributed by atoms with Crippen LogP contribution in [0.15, 0.2) is 48.5 Å². The maximum atomic E-state index is 12.6. The van der Waals surface area contributed by atoms with Crippen LogP contribution in [0.1, 0.15) is 18.1 Å². The second kappa shape index (κ2) is 9.01. The smallest absolute Gasteiger partial charge is 0.282 e. The quantitative estimate of drug-likeness (QED) is 0.704. The molecular weight excluding hydrogens is 360 g/mol. The van der Waals surface area contributed by atoms with Gasteiger partial charge < -0.3 is 15.1 Å². The summed E-state index contributed by atoms with van der Waals surface area (Å²) in [5.74, 6) is 0.0239. The topological polar surface area (TPSA) is 61.8 Å². The van der Waals surface area contributed by atoms with E-state index < -0.39 is 0 Å². The number of carbonyl (C=O) groups is 1. The van der Waals surface area contributed by atoms with E-state index in [0.29, 0.717) is 5.56 Å². The third-order valence-corrected chi connectivity index (χ3v) is 5.51. The molecule has 1 aliphatic rings. The number of quaternary nitrogens is 2. The zero-order valence-electron chi connectivity index (χ0n) is 15.5. The summed E-state index contributed by atoms with van der Waals surface area (Å²) in [6, 6.07) is 17.0. The molecule has 0 bridgehead atoms. The Morgan fingerprint density at radius 3 is 2.33 bits per heavy atom. The number of halogens is 1. The van der Waals surface area contributed by atoms with Crippen molar-refractivity contribution in [2.45, 2.75) is 19.5 Å². The molecule has 1 aliphatic heterocycles. The average molecular weight is 385 g/mol. The summed E-state index contributed by atoms with van der Waals surface area (Å²) in [5.41, 5.74) is 2.62. The van der Waals surface area contributed by atoms with E-state index in [9.17, 15) is 4.79 Å². The van der Waals surface area contributed by atoms with Gasteiger partial charge in [0.15, 0.2) is 6.04 Å². The molecule has 5 nitrogen and oxygen atoms in total. The molecule has 2 aromatic rings. The van der Waals surface area contributed by atoms with Crippen LogP contribution in [0.25, 0.3) is 0 Å². The number of nitrogens with one attached hydrogen (secondary N) is 3. The first-order valence-corrected chi connectivity index (χ1v) is 9.66. The summed E-state index contributed by atoms with van der Waals surface area (Å²) in [7, 11) is 0. The van der Waals surface area contributed by atoms with E-state index in [1.807, 2.05) is 19.1 Å². The molecule has 3 N–H and O–H groups in total. The molecule has 1 amide bonds. The highest BCUT2D eigenvalue weighted by molar-refractivity contribution is 6.30. The fourth-order valence-corrected chi connectivity index (χ4v) is 3.62. The molecule has 0 radical (unpaired) electrons. The van der Waals surface area contributed by atoms with Gasteiger partial charge >= 0.3 is 0 Å². The Balaban J connectivity index is 1.48. The number of benzene rings is 2. The van der Waals surface area contributed by atoms with Crippen LogP contribution in [-0.4, -0.2) is 38.1 Å². The minimum Gasteiger partial charge on any atom is -0.322 e. The monoisotopic (exact) mass is 384 g/mol. The van der Waals surface area contributed by atoms with Gasteiger partial charge in [-0.1, -0.05) is 23.7 Å². The predicted octanol–water partition coefficient (Wildman–Crippen LogP) is 0.522. The number of nitriles is 1. The van der Waals surface area contributed by atoms with Crippen molar-refractivity contribution in [1.29, 1.82) is 5.26 Å². The molecular formula is C21H25ClN4O+2. The van der Waals surface area contributed by atoms with E-state index in [1.54, 1.807) is 29.2 Å². The highest BCUT2D eigenvalue weighted by Gasteiger charge is 2.31. The SMILES string of the molecule is C[C@@H](C(=O)Nc1ccc(C#N)cc1)[NH+]1CC[NH+](Cc2ccc(Cl)cc2)CC1. The molecule has 2 aromatic carbocycles. The lowest BCUT2D eigenvalue weighted by atomic mass is 10.1. The zero-order chi connectivity index (χ0) is 19.2. The average Bonchev–Trinajstić information content (AvgIpc) is 2.70. The number of hydrogen-bond donors (Lipinski definition) is 3. The number of hydrogen-bond acceptors (Lipinski definition) is 2. The maximum absolute atomic E-state index is 12.6. The van der Waals surface area contributed by atoms with E-state index in [-0.39, 0.29) is 11.9 Å². The molecule has 1 heterocycles. The van der Waals surface area contributed by atoms with Gasteiger partial charge in [-0.25, -0.2) is 0 Å². The molecule has 0 aliphatic carbocycles. The number of rotatable bonds is 5. The predicted molar refractivity (Wildman–Crippen MR) is 106 cm³/mol. The van der Waals surface area contributed by atoms with Crippen molar-refractivity contribution < 1.29 is 14.6 Å². The lowest BCUT2D eigenvalue weighted by Crippen LogP contribution is -3.29. The first-order valence-electron chi connectivity index (χ1n) is 9.29. The Morgan fingerprint density at radius 2 is 1.74 bits per heavy atom. The number of nitrogens with zero attached hydrogens (tertiary/aromatic N) is 1. The van der Waals surface area contributed by atoms with Crippen LogP contribution >= 0.6 is 11.6 Å². The molecule has 0 unspecified atom stereocenters. The minimum absolute atomic E-state index is 0.0239. The van der Waals surface area contributed by atoms with Crippen LogP contribution in [0, 0.1) is 11.3 Å². The molecule has 1 saturated heterocycles. The number of piperazine rings is 1. The van der Waals surface area contributed by atoms with Gasteiger partial charge in [0.1, 0.15) is 32.7 Å². The molecule has 0 aromatic heterocycles. The standard InChI is InChI=1S/C21H23ClN4O/c1-16(21(27)24-20-8-4-17(14-23)5-9-20)26-12-10-25(11-13-26)15-18-2-6-19(22)7-3-18/h2-9,16H,10-13,15H2,1H3,(H,24,27)/p+2/t16-/m0/s1. The fraction of sp³-hybridized carbons (Fsp3) is 0.333. The van der Waals surface area contributed by atoms with E-state index in [4.69, 9.17) is 16.9 Å². The molecule has 1 atom stereocenters. The van der Waals surface area contributed by atoms with Gasteiger partial charge in [-0.05, 0) is 43.3 Å². The van der Waals surface area contributed by atoms with Crippen LogP contribution < -0.4 is 15.1 Å². The van der Waals surface area contributed by atoms with Crippen LogP contribution in [-0.2, 0) is 11.3 Å². The van der Waals surface area contributed by atoms with Crippen molar-refractivity contribution in [3.63, 3.8) is 0 Å². The third-order valence-electron chi connectivity index (χ3n) is 5.25. The Kier molecular flexibility index (Phi) is 6.46. The van der Waals surface area contributed by atoms with E-state index >= 15 is 0 Å². The number of anilines is 1. The molecule has 0 spiro atoms. The number of carbonyl (C=O) groups excluding carboxylic acids is 1. The van der Waals surface area contributed by atoms with E-state index in [0.717, 1.165) is 43.4 Å². The highest BCUT2D eigenvalue weighted by atomic mass is 35.5. The van der Waals surface area contributed by atoms with Gasteiger partial charge in [0.2, 0.25) is 0 Å². The van der Waals surface area contributed by atoms with Crippen molar-refractivity contribution >= 4 is 23.2 Å². The molecule has 140 valence electrons. The molecule has 27 heavy (non-hydrogen) atoms. The molecule has 1 fully saturated rings. The molecule has 6 heteroatoms. The van der Waals surface area contributed by atoms with Crippen LogP contribution in [0.2, 0.25) is 5.02 Å². The Hall–Kier alpha value is -2.39. The van der Waals surface area contributed by atoms with Gasteiger partial charge in [-0.15, -0.1) is 0 Å². The molecule has 0 saturated carbocycles. The maximum Gasteiger partial charge on any atom is 0.282 e. The van der Waals surface area contributed by atoms with Gasteiger partial charge in [0.25, 0.3) is 5.91 Å². The summed E-state index contributed by atoms with van der Waals surface area (Å²) in [6.07, 6.45) is 0. The minimum atomic E-state index is -0.0993. The van der Waals surface area contributed by atoms with Crippen LogP contribution in [0.3, 0.4) is 0 Å². The summed E-state index contributed by atoms with van der Waals surface area (Å²) in [5, 5.41) is 12.6. The summed E-state index contributed by atoms with van der Waals surface area (Å²) < 4.78 is 0. The highest BCUT2D eigenvalue weighted by Crippen LogP contribution is 2.09. The van der Waals surface area contributed by atoms with Crippen molar-refractivity contribution in [2.75, 3.05) is 31.5 Å². The third kappa shape index (κ3) is 5.30. The van der Waals surface area contributed by atoms with Gasteiger partial charge in [-0.3, -0.25) is 4.79 Å². The van der Waals surface area contributed by atoms with Gasteiger partial charge in [-0.2, -0.15) is 5.26 Å². The van der Waals surface area contributed by atoms with Crippen molar-refractivity contribution in [3.05, 3.63) is 64.7 Å². The lowest BCUT2D eigenvalue weighted by molar-refractivity contribution is -1.02. The fourth-order valence-electron chi connectivity index (χ4n) is 3.49.